The van der Waals surface area contributed by atoms with Crippen LogP contribution in [0.5, 0.6) is 0 Å². The van der Waals surface area contributed by atoms with Crippen LogP contribution in [0, 0.1) is 11.3 Å². The van der Waals surface area contributed by atoms with Gasteiger partial charge in [-0.1, -0.05) is 13.8 Å². The van der Waals surface area contributed by atoms with Gasteiger partial charge in [-0.25, -0.2) is 0 Å². The number of nitrogens with zero attached hydrogens (tertiary/aromatic N) is 1. The lowest BCUT2D eigenvalue weighted by molar-refractivity contribution is -0.136. The number of hydrogen-bond acceptors (Lipinski definition) is 3. The Labute approximate surface area is 115 Å². The van der Waals surface area contributed by atoms with Crippen molar-refractivity contribution in [1.29, 1.82) is 0 Å². The predicted molar refractivity (Wildman–Crippen MR) is 73.8 cm³/mol. The lowest BCUT2D eigenvalue weighted by Crippen LogP contribution is -2.68. The van der Waals surface area contributed by atoms with Crippen LogP contribution in [0.2, 0.25) is 0 Å². The molecule has 3 fully saturated rings. The Hall–Kier alpha value is -0.610. The van der Waals surface area contributed by atoms with Crippen LogP contribution in [0.3, 0.4) is 0 Å². The zero-order chi connectivity index (χ0) is 13.8. The van der Waals surface area contributed by atoms with Crippen molar-refractivity contribution < 1.29 is 9.53 Å². The zero-order valence-corrected chi connectivity index (χ0v) is 12.5. The van der Waals surface area contributed by atoms with Crippen LogP contribution in [0.15, 0.2) is 0 Å². The molecule has 108 valence electrons. The highest BCUT2D eigenvalue weighted by Crippen LogP contribution is 2.52. The standard InChI is InChI=1S/C15H26N2O2/c1-9(2)17-7-5-11(14(17)18)16-12-10-6-8-19-13(10)15(12,3)4/h9-13,16H,5-8H2,1-4H3/t10-,11+,12-,13-/m1/s1. The van der Waals surface area contributed by atoms with Crippen molar-refractivity contribution in [1.82, 2.24) is 10.2 Å². The van der Waals surface area contributed by atoms with Gasteiger partial charge in [0, 0.05) is 36.6 Å². The third kappa shape index (κ3) is 1.91. The molecule has 19 heavy (non-hydrogen) atoms. The van der Waals surface area contributed by atoms with E-state index in [0.717, 1.165) is 26.0 Å². The number of carbonyl (C=O) groups is 1. The average molecular weight is 266 g/mol. The van der Waals surface area contributed by atoms with E-state index in [9.17, 15) is 4.79 Å². The third-order valence-electron chi connectivity index (χ3n) is 5.34. The Morgan fingerprint density at radius 3 is 2.74 bits per heavy atom. The summed E-state index contributed by atoms with van der Waals surface area (Å²) >= 11 is 0. The molecule has 2 aliphatic heterocycles. The van der Waals surface area contributed by atoms with Gasteiger partial charge in [0.2, 0.25) is 5.91 Å². The lowest BCUT2D eigenvalue weighted by atomic mass is 9.57. The molecule has 1 amide bonds. The average Bonchev–Trinajstić information content (AvgIpc) is 2.91. The van der Waals surface area contributed by atoms with Gasteiger partial charge in [0.05, 0.1) is 12.1 Å². The Morgan fingerprint density at radius 2 is 2.11 bits per heavy atom. The van der Waals surface area contributed by atoms with Gasteiger partial charge in [-0.05, 0) is 26.7 Å². The molecule has 3 rings (SSSR count). The summed E-state index contributed by atoms with van der Waals surface area (Å²) in [5, 5.41) is 3.64. The molecule has 0 bridgehead atoms. The topological polar surface area (TPSA) is 41.6 Å². The maximum absolute atomic E-state index is 12.4. The van der Waals surface area contributed by atoms with Gasteiger partial charge in [-0.3, -0.25) is 4.79 Å². The molecule has 0 aromatic rings. The normalized spacial score (nSPS) is 40.7. The first-order chi connectivity index (χ1) is 8.93. The van der Waals surface area contributed by atoms with Crippen LogP contribution in [0.1, 0.15) is 40.5 Å². The van der Waals surface area contributed by atoms with E-state index in [-0.39, 0.29) is 17.4 Å². The number of hydrogen-bond donors (Lipinski definition) is 1. The molecule has 0 aromatic carbocycles. The first-order valence-corrected chi connectivity index (χ1v) is 7.61. The van der Waals surface area contributed by atoms with Crippen molar-refractivity contribution >= 4 is 5.91 Å². The summed E-state index contributed by atoms with van der Waals surface area (Å²) in [5.74, 6) is 0.893. The summed E-state index contributed by atoms with van der Waals surface area (Å²) in [7, 11) is 0. The summed E-state index contributed by atoms with van der Waals surface area (Å²) in [6.07, 6.45) is 2.48. The minimum atomic E-state index is 0.0215. The fourth-order valence-electron chi connectivity index (χ4n) is 4.25. The van der Waals surface area contributed by atoms with Crippen molar-refractivity contribution in [3.05, 3.63) is 0 Å². The number of rotatable bonds is 3. The van der Waals surface area contributed by atoms with E-state index < -0.39 is 0 Å². The van der Waals surface area contributed by atoms with E-state index in [1.54, 1.807) is 0 Å². The minimum Gasteiger partial charge on any atom is -0.377 e. The van der Waals surface area contributed by atoms with Gasteiger partial charge in [-0.2, -0.15) is 0 Å². The van der Waals surface area contributed by atoms with Crippen LogP contribution in [-0.4, -0.2) is 48.2 Å². The fourth-order valence-corrected chi connectivity index (χ4v) is 4.25. The second kappa shape index (κ2) is 4.45. The van der Waals surface area contributed by atoms with Gasteiger partial charge in [-0.15, -0.1) is 0 Å². The molecule has 2 heterocycles. The molecular weight excluding hydrogens is 240 g/mol. The van der Waals surface area contributed by atoms with Gasteiger partial charge < -0.3 is 15.0 Å². The minimum absolute atomic E-state index is 0.0215. The van der Waals surface area contributed by atoms with Crippen molar-refractivity contribution in [3.8, 4) is 0 Å². The van der Waals surface area contributed by atoms with Gasteiger partial charge in [0.1, 0.15) is 0 Å². The monoisotopic (exact) mass is 266 g/mol. The number of fused-ring (bicyclic) bond motifs is 1. The fraction of sp³-hybridized carbons (Fsp3) is 0.933. The Morgan fingerprint density at radius 1 is 1.37 bits per heavy atom. The molecule has 0 aromatic heterocycles. The van der Waals surface area contributed by atoms with Crippen LogP contribution < -0.4 is 5.32 Å². The largest absolute Gasteiger partial charge is 0.377 e. The summed E-state index contributed by atoms with van der Waals surface area (Å²) in [4.78, 5) is 14.3. The Balaban J connectivity index is 1.65. The lowest BCUT2D eigenvalue weighted by Gasteiger charge is -2.55. The van der Waals surface area contributed by atoms with E-state index in [4.69, 9.17) is 4.74 Å². The predicted octanol–water partition coefficient (Wildman–Crippen LogP) is 1.40. The zero-order valence-electron chi connectivity index (χ0n) is 12.5. The third-order valence-corrected chi connectivity index (χ3v) is 5.34. The molecule has 1 N–H and O–H groups in total. The summed E-state index contributed by atoms with van der Waals surface area (Å²) in [6.45, 7) is 10.5. The highest BCUT2D eigenvalue weighted by Gasteiger charge is 2.60. The van der Waals surface area contributed by atoms with Gasteiger partial charge >= 0.3 is 0 Å². The van der Waals surface area contributed by atoms with Crippen LogP contribution in [-0.2, 0) is 9.53 Å². The second-order valence-corrected chi connectivity index (χ2v) is 7.18. The molecule has 1 saturated carbocycles. The first kappa shape index (κ1) is 13.4. The molecule has 4 atom stereocenters. The molecular formula is C15H26N2O2. The van der Waals surface area contributed by atoms with Gasteiger partial charge in [0.15, 0.2) is 0 Å². The van der Waals surface area contributed by atoms with E-state index in [1.807, 2.05) is 4.90 Å². The molecule has 2 saturated heterocycles. The van der Waals surface area contributed by atoms with E-state index in [1.165, 1.54) is 0 Å². The molecule has 4 nitrogen and oxygen atoms in total. The second-order valence-electron chi connectivity index (χ2n) is 7.18. The van der Waals surface area contributed by atoms with Crippen molar-refractivity contribution in [2.45, 2.75) is 64.8 Å². The van der Waals surface area contributed by atoms with Crippen molar-refractivity contribution in [2.75, 3.05) is 13.2 Å². The summed E-state index contributed by atoms with van der Waals surface area (Å²) < 4.78 is 5.81. The number of amides is 1. The van der Waals surface area contributed by atoms with Crippen LogP contribution in [0.25, 0.3) is 0 Å². The number of likely N-dealkylation sites (tertiary alicyclic amines) is 1. The van der Waals surface area contributed by atoms with E-state index in [2.05, 4.69) is 33.0 Å². The van der Waals surface area contributed by atoms with Gasteiger partial charge in [0.25, 0.3) is 0 Å². The van der Waals surface area contributed by atoms with Crippen molar-refractivity contribution in [3.63, 3.8) is 0 Å². The Bertz CT molecular complexity index is 380. The molecule has 3 aliphatic rings. The first-order valence-electron chi connectivity index (χ1n) is 7.61. The number of ether oxygens (including phenoxy) is 1. The van der Waals surface area contributed by atoms with E-state index in [0.29, 0.717) is 24.1 Å². The smallest absolute Gasteiger partial charge is 0.240 e. The Kier molecular flexibility index (Phi) is 3.13. The molecule has 4 heteroatoms. The highest BCUT2D eigenvalue weighted by atomic mass is 16.5. The van der Waals surface area contributed by atoms with Crippen LogP contribution >= 0.6 is 0 Å². The SMILES string of the molecule is CC(C)N1CC[C@H](N[C@@H]2[C@H]3CCO[C@H]3C2(C)C)C1=O. The van der Waals surface area contributed by atoms with Crippen LogP contribution in [0.4, 0.5) is 0 Å². The maximum Gasteiger partial charge on any atom is 0.240 e. The highest BCUT2D eigenvalue weighted by molar-refractivity contribution is 5.84. The molecule has 1 aliphatic carbocycles. The van der Waals surface area contributed by atoms with Crippen molar-refractivity contribution in [2.24, 2.45) is 11.3 Å². The number of nitrogens with one attached hydrogen (secondary N) is 1. The molecule has 0 unspecified atom stereocenters. The quantitative estimate of drug-likeness (QED) is 0.839. The number of carbonyl (C=O) groups excluding carboxylic acids is 1. The summed E-state index contributed by atoms with van der Waals surface area (Å²) in [5.41, 5.74) is 0.159. The molecule has 0 spiro atoms. The van der Waals surface area contributed by atoms with E-state index >= 15 is 0 Å². The maximum atomic E-state index is 12.4. The molecule has 0 radical (unpaired) electrons. The summed E-state index contributed by atoms with van der Waals surface area (Å²) in [6, 6.07) is 0.769.